The largest absolute Gasteiger partial charge is 0.444 e. The fourth-order valence-corrected chi connectivity index (χ4v) is 4.89. The number of ether oxygens (including phenoxy) is 2. The van der Waals surface area contributed by atoms with E-state index in [1.54, 1.807) is 7.11 Å². The number of hydrogen-bond donors (Lipinski definition) is 2. The van der Waals surface area contributed by atoms with Gasteiger partial charge in [0, 0.05) is 31.1 Å². The molecule has 1 aromatic rings. The second-order valence-electron chi connectivity index (χ2n) is 9.87. The maximum atomic E-state index is 13.1. The van der Waals surface area contributed by atoms with Gasteiger partial charge in [0.1, 0.15) is 11.6 Å². The van der Waals surface area contributed by atoms with Gasteiger partial charge in [0.2, 0.25) is 5.91 Å². The van der Waals surface area contributed by atoms with Crippen LogP contribution >= 0.6 is 0 Å². The Bertz CT molecular complexity index is 808. The van der Waals surface area contributed by atoms with Crippen molar-refractivity contribution in [3.05, 3.63) is 23.5 Å². The predicted octanol–water partition coefficient (Wildman–Crippen LogP) is 3.31. The van der Waals surface area contributed by atoms with Crippen molar-refractivity contribution in [1.29, 1.82) is 0 Å². The van der Waals surface area contributed by atoms with E-state index in [0.717, 1.165) is 29.9 Å². The number of rotatable bonds is 7. The molecule has 3 atom stereocenters. The zero-order valence-electron chi connectivity index (χ0n) is 20.1. The fourth-order valence-electron chi connectivity index (χ4n) is 4.89. The lowest BCUT2D eigenvalue weighted by Gasteiger charge is -2.35. The number of amides is 2. The number of carbonyl (C=O) groups excluding carboxylic acids is 2. The lowest BCUT2D eigenvalue weighted by Crippen LogP contribution is -2.47. The summed E-state index contributed by atoms with van der Waals surface area (Å²) in [5.41, 5.74) is 2.06. The number of pyridine rings is 1. The van der Waals surface area contributed by atoms with Gasteiger partial charge in [-0.05, 0) is 65.0 Å². The minimum Gasteiger partial charge on any atom is -0.444 e. The number of fused-ring (bicyclic) bond motifs is 1. The Morgan fingerprint density at radius 3 is 2.66 bits per heavy atom. The van der Waals surface area contributed by atoms with Gasteiger partial charge < -0.3 is 25.0 Å². The minimum absolute atomic E-state index is 0.0549. The molecule has 2 N–H and O–H groups in total. The van der Waals surface area contributed by atoms with Crippen LogP contribution in [0.4, 0.5) is 10.5 Å². The van der Waals surface area contributed by atoms with E-state index < -0.39 is 11.7 Å². The average Bonchev–Trinajstić information content (AvgIpc) is 3.10. The molecule has 2 aliphatic rings. The van der Waals surface area contributed by atoms with Crippen molar-refractivity contribution in [1.82, 2.24) is 15.6 Å². The first-order valence-electron chi connectivity index (χ1n) is 11.7. The minimum atomic E-state index is -0.551. The van der Waals surface area contributed by atoms with Crippen LogP contribution in [0.1, 0.15) is 64.3 Å². The highest BCUT2D eigenvalue weighted by atomic mass is 16.6. The van der Waals surface area contributed by atoms with E-state index in [1.165, 1.54) is 19.3 Å². The monoisotopic (exact) mass is 446 g/mol. The molecule has 3 rings (SSSR count). The number of nitrogens with one attached hydrogen (secondary N) is 2. The van der Waals surface area contributed by atoms with Crippen molar-refractivity contribution in [2.24, 2.45) is 5.92 Å². The van der Waals surface area contributed by atoms with Crippen LogP contribution in [0.15, 0.2) is 12.1 Å². The van der Waals surface area contributed by atoms with Gasteiger partial charge in [0.05, 0.1) is 18.8 Å². The van der Waals surface area contributed by atoms with Crippen molar-refractivity contribution in [2.45, 2.75) is 84.0 Å². The molecule has 8 nitrogen and oxygen atoms in total. The van der Waals surface area contributed by atoms with Gasteiger partial charge in [-0.2, -0.15) is 0 Å². The van der Waals surface area contributed by atoms with Crippen LogP contribution in [0.25, 0.3) is 0 Å². The average molecular weight is 447 g/mol. The summed E-state index contributed by atoms with van der Waals surface area (Å²) in [4.78, 5) is 32.0. The molecule has 1 aromatic heterocycles. The molecule has 0 unspecified atom stereocenters. The van der Waals surface area contributed by atoms with E-state index in [4.69, 9.17) is 9.47 Å². The maximum Gasteiger partial charge on any atom is 0.407 e. The molecule has 32 heavy (non-hydrogen) atoms. The molecule has 1 aliphatic carbocycles. The van der Waals surface area contributed by atoms with Crippen LogP contribution < -0.4 is 15.5 Å². The fraction of sp³-hybridized carbons (Fsp3) is 0.708. The summed E-state index contributed by atoms with van der Waals surface area (Å²) in [6.07, 6.45) is 5.09. The Morgan fingerprint density at radius 1 is 1.19 bits per heavy atom. The number of nitrogens with zero attached hydrogens (tertiary/aromatic N) is 2. The third-order valence-corrected chi connectivity index (χ3v) is 6.10. The summed E-state index contributed by atoms with van der Waals surface area (Å²) >= 11 is 0. The highest BCUT2D eigenvalue weighted by Crippen LogP contribution is 2.42. The van der Waals surface area contributed by atoms with Crippen LogP contribution in [-0.4, -0.2) is 54.9 Å². The van der Waals surface area contributed by atoms with Crippen LogP contribution in [0.5, 0.6) is 0 Å². The Balaban J connectivity index is 1.79. The Labute approximate surface area is 191 Å². The van der Waals surface area contributed by atoms with Gasteiger partial charge in [0.25, 0.3) is 0 Å². The smallest absolute Gasteiger partial charge is 0.407 e. The molecular weight excluding hydrogens is 408 g/mol. The van der Waals surface area contributed by atoms with E-state index in [2.05, 4.69) is 20.5 Å². The van der Waals surface area contributed by atoms with Gasteiger partial charge in [-0.1, -0.05) is 12.8 Å². The van der Waals surface area contributed by atoms with E-state index in [0.29, 0.717) is 25.1 Å². The van der Waals surface area contributed by atoms with Gasteiger partial charge in [0.15, 0.2) is 0 Å². The second-order valence-corrected chi connectivity index (χ2v) is 9.87. The van der Waals surface area contributed by atoms with Gasteiger partial charge in [-0.15, -0.1) is 0 Å². The summed E-state index contributed by atoms with van der Waals surface area (Å²) in [5.74, 6) is 0.582. The Morgan fingerprint density at radius 2 is 1.94 bits per heavy atom. The molecule has 178 valence electrons. The molecule has 1 saturated heterocycles. The Kier molecular flexibility index (Phi) is 7.98. The molecule has 0 radical (unpaired) electrons. The standard InChI is InChI=1S/C24H38N4O4/c1-16-12-19(14-18(27-16)15-26-23(30)32-24(2,3)4)28-20-9-7-6-8-17(20)13-21(28)22(29)25-10-11-31-5/h12,14,17,20-21H,6-11,13,15H2,1-5H3,(H,25,29)(H,26,30)/t17-,20-,21-/m0/s1. The molecule has 2 fully saturated rings. The summed E-state index contributed by atoms with van der Waals surface area (Å²) in [6.45, 7) is 8.73. The number of anilines is 1. The zero-order chi connectivity index (χ0) is 23.3. The van der Waals surface area contributed by atoms with Crippen molar-refractivity contribution in [3.8, 4) is 0 Å². The highest BCUT2D eigenvalue weighted by Gasteiger charge is 2.45. The summed E-state index contributed by atoms with van der Waals surface area (Å²) in [6, 6.07) is 4.20. The normalized spacial score (nSPS) is 22.9. The summed E-state index contributed by atoms with van der Waals surface area (Å²) in [7, 11) is 1.63. The maximum absolute atomic E-state index is 13.1. The van der Waals surface area contributed by atoms with E-state index in [1.807, 2.05) is 39.8 Å². The van der Waals surface area contributed by atoms with Crippen LogP contribution in [0.3, 0.4) is 0 Å². The molecule has 0 aromatic carbocycles. The third kappa shape index (κ3) is 6.34. The SMILES string of the molecule is COCCNC(=O)[C@@H]1C[C@@H]2CCCC[C@@H]2N1c1cc(C)nc(CNC(=O)OC(C)(C)C)c1. The molecule has 2 amide bonds. The van der Waals surface area contributed by atoms with Crippen molar-refractivity contribution < 1.29 is 19.1 Å². The first-order valence-corrected chi connectivity index (χ1v) is 11.7. The zero-order valence-corrected chi connectivity index (χ0v) is 20.1. The third-order valence-electron chi connectivity index (χ3n) is 6.10. The first kappa shape index (κ1) is 24.3. The molecule has 1 aliphatic heterocycles. The summed E-state index contributed by atoms with van der Waals surface area (Å²) in [5, 5.41) is 5.82. The van der Waals surface area contributed by atoms with Crippen molar-refractivity contribution in [2.75, 3.05) is 25.2 Å². The van der Waals surface area contributed by atoms with Crippen LogP contribution in [-0.2, 0) is 20.8 Å². The van der Waals surface area contributed by atoms with Crippen LogP contribution in [0.2, 0.25) is 0 Å². The highest BCUT2D eigenvalue weighted by molar-refractivity contribution is 5.86. The van der Waals surface area contributed by atoms with Gasteiger partial charge >= 0.3 is 6.09 Å². The topological polar surface area (TPSA) is 92.8 Å². The quantitative estimate of drug-likeness (QED) is 0.624. The van der Waals surface area contributed by atoms with E-state index in [-0.39, 0.29) is 18.5 Å². The molecule has 1 saturated carbocycles. The number of aryl methyl sites for hydroxylation is 1. The van der Waals surface area contributed by atoms with Crippen LogP contribution in [0, 0.1) is 12.8 Å². The number of methoxy groups -OCH3 is 1. The predicted molar refractivity (Wildman–Crippen MR) is 124 cm³/mol. The summed E-state index contributed by atoms with van der Waals surface area (Å²) < 4.78 is 10.4. The molecule has 2 heterocycles. The second kappa shape index (κ2) is 10.5. The number of alkyl carbamates (subject to hydrolysis) is 1. The lowest BCUT2D eigenvalue weighted by atomic mass is 9.84. The number of carbonyl (C=O) groups is 2. The van der Waals surface area contributed by atoms with Crippen molar-refractivity contribution in [3.63, 3.8) is 0 Å². The van der Waals surface area contributed by atoms with Gasteiger partial charge in [-0.25, -0.2) is 4.79 Å². The number of hydrogen-bond acceptors (Lipinski definition) is 6. The lowest BCUT2D eigenvalue weighted by molar-refractivity contribution is -0.122. The Hall–Kier alpha value is -2.35. The van der Waals surface area contributed by atoms with E-state index >= 15 is 0 Å². The van der Waals surface area contributed by atoms with Crippen molar-refractivity contribution >= 4 is 17.7 Å². The van der Waals surface area contributed by atoms with Gasteiger partial charge in [-0.3, -0.25) is 9.78 Å². The first-order chi connectivity index (χ1) is 15.2. The number of aromatic nitrogens is 1. The molecular formula is C24H38N4O4. The molecule has 8 heteroatoms. The molecule has 0 bridgehead atoms. The van der Waals surface area contributed by atoms with E-state index in [9.17, 15) is 9.59 Å². The molecule has 0 spiro atoms.